The zero-order valence-electron chi connectivity index (χ0n) is 16.3. The zero-order valence-corrected chi connectivity index (χ0v) is 17.0. The summed E-state index contributed by atoms with van der Waals surface area (Å²) in [5.74, 6) is 0.0267. The summed E-state index contributed by atoms with van der Waals surface area (Å²) in [5, 5.41) is 8.31. The molecule has 0 bridgehead atoms. The topological polar surface area (TPSA) is 101 Å². The molecule has 4 heterocycles. The highest BCUT2D eigenvalue weighted by molar-refractivity contribution is 6.30. The summed E-state index contributed by atoms with van der Waals surface area (Å²) in [6.45, 7) is 3.83. The van der Waals surface area contributed by atoms with E-state index in [0.717, 1.165) is 6.21 Å². The minimum atomic E-state index is -0.630. The van der Waals surface area contributed by atoms with Crippen molar-refractivity contribution in [2.45, 2.75) is 13.0 Å². The fourth-order valence-corrected chi connectivity index (χ4v) is 3.72. The van der Waals surface area contributed by atoms with Crippen LogP contribution in [0.1, 0.15) is 12.6 Å². The standard InChI is InChI=1S/C21H20ClFN6O/c1-12-11-30-7-6-29(12)18-9-15(16-8-13(22)10-27-21(16)23)14-3-5-26-20(19(14)28-18)17(25)2-4-24/h2-5,8-10,12,24H,6-7,11,25H2,1H3/b17-2-,24-4?/t12-/m1/s1. The van der Waals surface area contributed by atoms with Crippen molar-refractivity contribution in [3.8, 4) is 11.1 Å². The second kappa shape index (κ2) is 8.33. The number of hydrogen-bond donors (Lipinski definition) is 2. The van der Waals surface area contributed by atoms with E-state index in [1.165, 1.54) is 12.3 Å². The molecule has 0 aliphatic carbocycles. The predicted octanol–water partition coefficient (Wildman–Crippen LogP) is 3.66. The van der Waals surface area contributed by atoms with Crippen LogP contribution in [-0.4, -0.2) is 47.0 Å². The van der Waals surface area contributed by atoms with Crippen LogP contribution in [0.4, 0.5) is 10.2 Å². The third-order valence-electron chi connectivity index (χ3n) is 5.01. The lowest BCUT2D eigenvalue weighted by atomic mass is 10.0. The number of fused-ring (bicyclic) bond motifs is 1. The molecule has 0 amide bonds. The summed E-state index contributed by atoms with van der Waals surface area (Å²) < 4.78 is 20.2. The van der Waals surface area contributed by atoms with Gasteiger partial charge in [-0.25, -0.2) is 9.97 Å². The molecule has 1 aliphatic heterocycles. The van der Waals surface area contributed by atoms with Gasteiger partial charge in [0.2, 0.25) is 5.95 Å². The number of rotatable bonds is 4. The first-order valence-corrected chi connectivity index (χ1v) is 9.79. The first-order valence-electron chi connectivity index (χ1n) is 9.41. The molecule has 1 aliphatic rings. The largest absolute Gasteiger partial charge is 0.397 e. The number of anilines is 1. The normalized spacial score (nSPS) is 17.4. The molecule has 154 valence electrons. The lowest BCUT2D eigenvalue weighted by molar-refractivity contribution is 0.0986. The van der Waals surface area contributed by atoms with Gasteiger partial charge >= 0.3 is 0 Å². The average Bonchev–Trinajstić information content (AvgIpc) is 2.75. The first kappa shape index (κ1) is 20.2. The van der Waals surface area contributed by atoms with E-state index in [-0.39, 0.29) is 11.6 Å². The quantitative estimate of drug-likeness (QED) is 0.487. The Balaban J connectivity index is 2.04. The fourth-order valence-electron chi connectivity index (χ4n) is 3.57. The van der Waals surface area contributed by atoms with Crippen LogP contribution in [0.2, 0.25) is 5.02 Å². The summed E-state index contributed by atoms with van der Waals surface area (Å²) in [4.78, 5) is 15.1. The van der Waals surface area contributed by atoms with Gasteiger partial charge in [0, 0.05) is 36.1 Å². The molecule has 1 saturated heterocycles. The maximum absolute atomic E-state index is 14.7. The SMILES string of the molecule is C[C@@H]1COCCN1c1cc(-c2cc(Cl)cnc2F)c2ccnc(/C(N)=C/C=N)c2n1. The molecule has 1 atom stereocenters. The predicted molar refractivity (Wildman–Crippen MR) is 116 cm³/mol. The van der Waals surface area contributed by atoms with Crippen molar-refractivity contribution in [2.24, 2.45) is 5.73 Å². The van der Waals surface area contributed by atoms with Crippen LogP contribution in [-0.2, 0) is 4.74 Å². The molecular weight excluding hydrogens is 407 g/mol. The number of aromatic nitrogens is 3. The molecule has 9 heteroatoms. The van der Waals surface area contributed by atoms with Crippen LogP contribution in [0.5, 0.6) is 0 Å². The van der Waals surface area contributed by atoms with E-state index in [1.54, 1.807) is 18.3 Å². The molecule has 1 fully saturated rings. The summed E-state index contributed by atoms with van der Waals surface area (Å²) >= 11 is 6.11. The van der Waals surface area contributed by atoms with Gasteiger partial charge in [0.25, 0.3) is 0 Å². The Bertz CT molecular complexity index is 1150. The van der Waals surface area contributed by atoms with Crippen molar-refractivity contribution in [3.05, 3.63) is 53.3 Å². The molecule has 0 aromatic carbocycles. The van der Waals surface area contributed by atoms with Crippen molar-refractivity contribution in [3.63, 3.8) is 0 Å². The third kappa shape index (κ3) is 3.71. The number of hydrogen-bond acceptors (Lipinski definition) is 7. The Morgan fingerprint density at radius 3 is 2.97 bits per heavy atom. The number of ether oxygens (including phenoxy) is 1. The number of nitrogens with zero attached hydrogens (tertiary/aromatic N) is 4. The minimum absolute atomic E-state index is 0.0912. The Morgan fingerprint density at radius 1 is 1.37 bits per heavy atom. The Morgan fingerprint density at radius 2 is 2.20 bits per heavy atom. The van der Waals surface area contributed by atoms with Gasteiger partial charge in [-0.15, -0.1) is 0 Å². The summed E-state index contributed by atoms with van der Waals surface area (Å²) in [6.07, 6.45) is 5.38. The van der Waals surface area contributed by atoms with Crippen LogP contribution < -0.4 is 10.6 Å². The van der Waals surface area contributed by atoms with Crippen LogP contribution >= 0.6 is 11.6 Å². The first-order chi connectivity index (χ1) is 14.5. The number of pyridine rings is 3. The fraction of sp³-hybridized carbons (Fsp3) is 0.238. The maximum Gasteiger partial charge on any atom is 0.220 e. The molecule has 3 N–H and O–H groups in total. The highest BCUT2D eigenvalue weighted by atomic mass is 35.5. The van der Waals surface area contributed by atoms with E-state index in [9.17, 15) is 4.39 Å². The molecular formula is C21H20ClFN6O. The van der Waals surface area contributed by atoms with Crippen LogP contribution in [0.3, 0.4) is 0 Å². The van der Waals surface area contributed by atoms with Gasteiger partial charge in [-0.1, -0.05) is 11.6 Å². The van der Waals surface area contributed by atoms with Gasteiger partial charge in [-0.3, -0.25) is 4.98 Å². The third-order valence-corrected chi connectivity index (χ3v) is 5.22. The molecule has 3 aromatic rings. The van der Waals surface area contributed by atoms with Crippen molar-refractivity contribution in [2.75, 3.05) is 24.7 Å². The number of halogens is 2. The number of nitrogens with one attached hydrogen (secondary N) is 1. The lowest BCUT2D eigenvalue weighted by Crippen LogP contribution is -2.44. The van der Waals surface area contributed by atoms with Gasteiger partial charge in [-0.2, -0.15) is 4.39 Å². The summed E-state index contributed by atoms with van der Waals surface area (Å²) in [7, 11) is 0. The highest BCUT2D eigenvalue weighted by Gasteiger charge is 2.24. The minimum Gasteiger partial charge on any atom is -0.397 e. The molecule has 30 heavy (non-hydrogen) atoms. The monoisotopic (exact) mass is 426 g/mol. The van der Waals surface area contributed by atoms with Gasteiger partial charge in [-0.05, 0) is 36.8 Å². The molecule has 0 spiro atoms. The van der Waals surface area contributed by atoms with Gasteiger partial charge in [0.1, 0.15) is 17.0 Å². The van der Waals surface area contributed by atoms with Gasteiger partial charge in [0.15, 0.2) is 0 Å². The van der Waals surface area contributed by atoms with Crippen molar-refractivity contribution < 1.29 is 9.13 Å². The number of morpholine rings is 1. The summed E-state index contributed by atoms with van der Waals surface area (Å²) in [6, 6.07) is 5.22. The zero-order chi connectivity index (χ0) is 21.3. The molecule has 0 unspecified atom stereocenters. The molecule has 7 nitrogen and oxygen atoms in total. The number of allylic oxidation sites excluding steroid dienone is 1. The van der Waals surface area contributed by atoms with E-state index >= 15 is 0 Å². The second-order valence-corrected chi connectivity index (χ2v) is 7.42. The van der Waals surface area contributed by atoms with Gasteiger partial charge in [0.05, 0.1) is 30.0 Å². The Hall–Kier alpha value is -3.10. The van der Waals surface area contributed by atoms with E-state index in [2.05, 4.69) is 14.9 Å². The molecule has 0 saturated carbocycles. The molecule has 3 aromatic heterocycles. The van der Waals surface area contributed by atoms with E-state index in [0.29, 0.717) is 58.5 Å². The lowest BCUT2D eigenvalue weighted by Gasteiger charge is -2.34. The van der Waals surface area contributed by atoms with E-state index < -0.39 is 5.95 Å². The molecule has 4 rings (SSSR count). The van der Waals surface area contributed by atoms with Crippen molar-refractivity contribution >= 4 is 40.2 Å². The smallest absolute Gasteiger partial charge is 0.220 e. The van der Waals surface area contributed by atoms with Crippen molar-refractivity contribution in [1.82, 2.24) is 15.0 Å². The number of nitrogens with two attached hydrogens (primary N) is 1. The Kier molecular flexibility index (Phi) is 5.61. The van der Waals surface area contributed by atoms with E-state index in [1.807, 2.05) is 13.0 Å². The maximum atomic E-state index is 14.7. The van der Waals surface area contributed by atoms with Crippen molar-refractivity contribution in [1.29, 1.82) is 5.41 Å². The summed E-state index contributed by atoms with van der Waals surface area (Å²) in [5.41, 5.74) is 8.23. The second-order valence-electron chi connectivity index (χ2n) is 6.98. The van der Waals surface area contributed by atoms with Crippen LogP contribution in [0, 0.1) is 11.4 Å². The Labute approximate surface area is 177 Å². The van der Waals surface area contributed by atoms with Crippen LogP contribution in [0.15, 0.2) is 36.7 Å². The van der Waals surface area contributed by atoms with E-state index in [4.69, 9.17) is 32.5 Å². The molecule has 0 radical (unpaired) electrons. The highest BCUT2D eigenvalue weighted by Crippen LogP contribution is 2.35. The average molecular weight is 427 g/mol. The van der Waals surface area contributed by atoms with Crippen LogP contribution in [0.25, 0.3) is 27.7 Å². The van der Waals surface area contributed by atoms with Gasteiger partial charge < -0.3 is 20.8 Å².